The summed E-state index contributed by atoms with van der Waals surface area (Å²) in [5.74, 6) is -0.285. The number of halogens is 4. The summed E-state index contributed by atoms with van der Waals surface area (Å²) in [6.07, 6.45) is 2.87. The molecule has 0 saturated carbocycles. The molecule has 0 radical (unpaired) electrons. The fourth-order valence-electron chi connectivity index (χ4n) is 5.34. The molecule has 2 aromatic carbocycles. The maximum Gasteiger partial charge on any atom is 0.416 e. The van der Waals surface area contributed by atoms with Crippen LogP contribution in [0.5, 0.6) is 0 Å². The van der Waals surface area contributed by atoms with Crippen LogP contribution in [-0.4, -0.2) is 46.1 Å². The van der Waals surface area contributed by atoms with Crippen molar-refractivity contribution in [2.45, 2.75) is 50.5 Å². The largest absolute Gasteiger partial charge is 0.416 e. The number of aromatic nitrogens is 1. The lowest BCUT2D eigenvalue weighted by molar-refractivity contribution is -0.137. The monoisotopic (exact) mass is 514 g/mol. The van der Waals surface area contributed by atoms with Crippen molar-refractivity contribution in [1.82, 2.24) is 19.7 Å². The van der Waals surface area contributed by atoms with Crippen molar-refractivity contribution < 1.29 is 22.4 Å². The minimum Gasteiger partial charge on any atom is -0.335 e. The van der Waals surface area contributed by atoms with Crippen LogP contribution in [0.2, 0.25) is 0 Å². The second-order valence-electron chi connectivity index (χ2n) is 9.88. The number of hydrogen-bond acceptors (Lipinski definition) is 2. The average molecular weight is 515 g/mol. The standard InChI is InChI=1S/C28H30F4N4O/c29-23-4-1-3-21(17-23)26-5-2-13-36(26)27(37)33-24-11-14-34(15-12-24)18-20-10-16-35(19-20)25-8-6-22(7-9-25)28(30,31)32/h1,3-4,6-10,16-17,19,24,26H,2,5,11-15,18H2,(H,33,37). The van der Waals surface area contributed by atoms with E-state index in [9.17, 15) is 22.4 Å². The number of piperidine rings is 1. The van der Waals surface area contributed by atoms with Gasteiger partial charge in [0.05, 0.1) is 11.6 Å². The molecule has 3 aromatic rings. The number of nitrogens with zero attached hydrogens (tertiary/aromatic N) is 3. The first-order chi connectivity index (χ1) is 17.8. The lowest BCUT2D eigenvalue weighted by Gasteiger charge is -2.34. The number of likely N-dealkylation sites (tertiary alicyclic amines) is 2. The zero-order chi connectivity index (χ0) is 26.0. The van der Waals surface area contributed by atoms with E-state index in [-0.39, 0.29) is 23.9 Å². The Morgan fingerprint density at radius 3 is 2.43 bits per heavy atom. The molecule has 196 valence electrons. The van der Waals surface area contributed by atoms with Crippen LogP contribution in [-0.2, 0) is 12.7 Å². The molecule has 3 heterocycles. The van der Waals surface area contributed by atoms with E-state index in [4.69, 9.17) is 0 Å². The molecule has 2 aliphatic rings. The molecule has 2 fully saturated rings. The number of alkyl halides is 3. The average Bonchev–Trinajstić information content (AvgIpc) is 3.55. The first kappa shape index (κ1) is 25.3. The Morgan fingerprint density at radius 2 is 1.73 bits per heavy atom. The molecule has 0 bridgehead atoms. The van der Waals surface area contributed by atoms with Crippen LogP contribution < -0.4 is 5.32 Å². The van der Waals surface area contributed by atoms with Crippen LogP contribution in [0.25, 0.3) is 5.69 Å². The van der Waals surface area contributed by atoms with Crippen LogP contribution >= 0.6 is 0 Å². The highest BCUT2D eigenvalue weighted by Crippen LogP contribution is 2.32. The van der Waals surface area contributed by atoms with Gasteiger partial charge < -0.3 is 14.8 Å². The van der Waals surface area contributed by atoms with Gasteiger partial charge in [-0.15, -0.1) is 0 Å². The number of carbonyl (C=O) groups excluding carboxylic acids is 1. The van der Waals surface area contributed by atoms with Crippen molar-refractivity contribution in [3.8, 4) is 5.69 Å². The Kier molecular flexibility index (Phi) is 7.24. The van der Waals surface area contributed by atoms with E-state index >= 15 is 0 Å². The van der Waals surface area contributed by atoms with Crippen LogP contribution in [0.4, 0.5) is 22.4 Å². The quantitative estimate of drug-likeness (QED) is 0.415. The Labute approximate surface area is 213 Å². The fraction of sp³-hybridized carbons (Fsp3) is 0.393. The number of rotatable bonds is 5. The van der Waals surface area contributed by atoms with Gasteiger partial charge >= 0.3 is 12.2 Å². The number of carbonyl (C=O) groups is 1. The third-order valence-electron chi connectivity index (χ3n) is 7.32. The molecule has 0 spiro atoms. The summed E-state index contributed by atoms with van der Waals surface area (Å²) in [6, 6.07) is 13.5. The van der Waals surface area contributed by atoms with Gasteiger partial charge in [0.2, 0.25) is 0 Å². The molecule has 2 amide bonds. The van der Waals surface area contributed by atoms with Crippen molar-refractivity contribution in [1.29, 1.82) is 0 Å². The van der Waals surface area contributed by atoms with Crippen molar-refractivity contribution in [2.75, 3.05) is 19.6 Å². The Morgan fingerprint density at radius 1 is 0.973 bits per heavy atom. The van der Waals surface area contributed by atoms with Gasteiger partial charge in [-0.1, -0.05) is 12.1 Å². The lowest BCUT2D eigenvalue weighted by Crippen LogP contribution is -2.48. The maximum absolute atomic E-state index is 13.7. The molecule has 9 heteroatoms. The molecule has 0 aliphatic carbocycles. The van der Waals surface area contributed by atoms with E-state index in [1.54, 1.807) is 6.07 Å². The third-order valence-corrected chi connectivity index (χ3v) is 7.32. The van der Waals surface area contributed by atoms with Gasteiger partial charge in [-0.05, 0) is 79.3 Å². The van der Waals surface area contributed by atoms with Crippen molar-refractivity contribution in [3.63, 3.8) is 0 Å². The highest BCUT2D eigenvalue weighted by Gasteiger charge is 2.32. The minimum absolute atomic E-state index is 0.0844. The maximum atomic E-state index is 13.7. The van der Waals surface area contributed by atoms with E-state index in [1.807, 2.05) is 34.0 Å². The molecule has 1 unspecified atom stereocenters. The smallest absolute Gasteiger partial charge is 0.335 e. The summed E-state index contributed by atoms with van der Waals surface area (Å²) in [6.45, 7) is 3.08. The normalized spacial score (nSPS) is 19.4. The third kappa shape index (κ3) is 5.98. The van der Waals surface area contributed by atoms with Gasteiger partial charge in [-0.25, -0.2) is 9.18 Å². The highest BCUT2D eigenvalue weighted by molar-refractivity contribution is 5.75. The van der Waals surface area contributed by atoms with Crippen LogP contribution in [0.3, 0.4) is 0 Å². The predicted molar refractivity (Wildman–Crippen MR) is 133 cm³/mol. The summed E-state index contributed by atoms with van der Waals surface area (Å²) in [4.78, 5) is 17.2. The molecule has 37 heavy (non-hydrogen) atoms. The molecular formula is C28H30F4N4O. The van der Waals surface area contributed by atoms with Crippen molar-refractivity contribution in [3.05, 3.63) is 89.5 Å². The zero-order valence-corrected chi connectivity index (χ0v) is 20.4. The molecule has 1 aromatic heterocycles. The summed E-state index contributed by atoms with van der Waals surface area (Å²) in [5, 5.41) is 3.18. The van der Waals surface area contributed by atoms with Gasteiger partial charge in [0.25, 0.3) is 0 Å². The molecule has 2 saturated heterocycles. The van der Waals surface area contributed by atoms with E-state index < -0.39 is 11.7 Å². The Balaban J connectivity index is 1.11. The summed E-state index contributed by atoms with van der Waals surface area (Å²) in [5.41, 5.74) is 1.94. The van der Waals surface area contributed by atoms with Crippen LogP contribution in [0.1, 0.15) is 48.4 Å². The summed E-state index contributed by atoms with van der Waals surface area (Å²) < 4.78 is 54.0. The Hall–Kier alpha value is -3.33. The molecule has 2 aliphatic heterocycles. The van der Waals surface area contributed by atoms with Crippen molar-refractivity contribution >= 4 is 6.03 Å². The number of benzene rings is 2. The first-order valence-corrected chi connectivity index (χ1v) is 12.7. The molecule has 1 N–H and O–H groups in total. The molecular weight excluding hydrogens is 484 g/mol. The van der Waals surface area contributed by atoms with Crippen LogP contribution in [0.15, 0.2) is 67.0 Å². The van der Waals surface area contributed by atoms with E-state index in [2.05, 4.69) is 10.2 Å². The lowest BCUT2D eigenvalue weighted by atomic mass is 10.0. The number of nitrogens with one attached hydrogen (secondary N) is 1. The zero-order valence-electron chi connectivity index (χ0n) is 20.4. The number of amides is 2. The number of urea groups is 1. The molecule has 5 nitrogen and oxygen atoms in total. The predicted octanol–water partition coefficient (Wildman–Crippen LogP) is 6.15. The fourth-order valence-corrected chi connectivity index (χ4v) is 5.34. The highest BCUT2D eigenvalue weighted by atomic mass is 19.4. The summed E-state index contributed by atoms with van der Waals surface area (Å²) >= 11 is 0. The van der Waals surface area contributed by atoms with Gasteiger partial charge in [0, 0.05) is 50.3 Å². The van der Waals surface area contributed by atoms with Gasteiger partial charge in [-0.2, -0.15) is 13.2 Å². The Bertz CT molecular complexity index is 1220. The molecule has 1 atom stereocenters. The molecule has 5 rings (SSSR count). The minimum atomic E-state index is -4.34. The van der Waals surface area contributed by atoms with Crippen LogP contribution in [0, 0.1) is 5.82 Å². The van der Waals surface area contributed by atoms with Crippen molar-refractivity contribution in [2.24, 2.45) is 0 Å². The topological polar surface area (TPSA) is 40.5 Å². The van der Waals surface area contributed by atoms with Gasteiger partial charge in [0.1, 0.15) is 5.82 Å². The second-order valence-corrected chi connectivity index (χ2v) is 9.88. The second kappa shape index (κ2) is 10.6. The van der Waals surface area contributed by atoms with E-state index in [0.717, 1.165) is 68.6 Å². The van der Waals surface area contributed by atoms with E-state index in [0.29, 0.717) is 12.2 Å². The van der Waals surface area contributed by atoms with E-state index in [1.165, 1.54) is 24.3 Å². The van der Waals surface area contributed by atoms with Gasteiger partial charge in [0.15, 0.2) is 0 Å². The number of hydrogen-bond donors (Lipinski definition) is 1. The first-order valence-electron chi connectivity index (χ1n) is 12.7. The SMILES string of the molecule is O=C(NC1CCN(Cc2ccn(-c3ccc(C(F)(F)F)cc3)c2)CC1)N1CCCC1c1cccc(F)c1. The van der Waals surface area contributed by atoms with Gasteiger partial charge in [-0.3, -0.25) is 4.90 Å². The summed E-state index contributed by atoms with van der Waals surface area (Å²) in [7, 11) is 0.